The molecule has 2 aliphatic heterocycles. The van der Waals surface area contributed by atoms with Crippen LogP contribution in [0.25, 0.3) is 16.8 Å². The molecule has 3 aromatic heterocycles. The van der Waals surface area contributed by atoms with E-state index in [1.54, 1.807) is 4.68 Å². The zero-order valence-electron chi connectivity index (χ0n) is 19.8. The Kier molecular flexibility index (Phi) is 7.21. The van der Waals surface area contributed by atoms with Gasteiger partial charge in [-0.1, -0.05) is 0 Å². The smallest absolute Gasteiger partial charge is 0.376 e. The van der Waals surface area contributed by atoms with Crippen LogP contribution in [0.5, 0.6) is 0 Å². The van der Waals surface area contributed by atoms with Crippen molar-refractivity contribution >= 4 is 34.4 Å². The molecule has 0 aliphatic carbocycles. The molecule has 1 unspecified atom stereocenters. The number of aromatic nitrogens is 5. The first-order valence-corrected chi connectivity index (χ1v) is 12.8. The van der Waals surface area contributed by atoms with Gasteiger partial charge in [-0.3, -0.25) is 9.58 Å². The summed E-state index contributed by atoms with van der Waals surface area (Å²) >= 11 is 3.87. The van der Waals surface area contributed by atoms with Crippen molar-refractivity contribution in [2.24, 2.45) is 7.05 Å². The van der Waals surface area contributed by atoms with Crippen LogP contribution in [0.3, 0.4) is 0 Å². The molecular formula is C22H32BBrN8O2. The van der Waals surface area contributed by atoms with E-state index in [2.05, 4.69) is 36.1 Å². The highest BCUT2D eigenvalue weighted by molar-refractivity contribution is 9.10. The Labute approximate surface area is 208 Å². The van der Waals surface area contributed by atoms with Gasteiger partial charge in [0.25, 0.3) is 0 Å². The number of ether oxygens (including phenoxy) is 1. The van der Waals surface area contributed by atoms with Crippen molar-refractivity contribution in [2.75, 3.05) is 57.8 Å². The van der Waals surface area contributed by atoms with Crippen LogP contribution in [-0.4, -0.2) is 98.6 Å². The van der Waals surface area contributed by atoms with Crippen molar-refractivity contribution in [1.29, 1.82) is 0 Å². The highest BCUT2D eigenvalue weighted by Gasteiger charge is 2.30. The zero-order valence-corrected chi connectivity index (χ0v) is 21.4. The normalized spacial score (nSPS) is 20.2. The lowest BCUT2D eigenvalue weighted by atomic mass is 9.80. The van der Waals surface area contributed by atoms with Crippen LogP contribution < -0.4 is 5.32 Å². The van der Waals surface area contributed by atoms with E-state index in [-0.39, 0.29) is 5.92 Å². The molecule has 5 rings (SSSR count). The van der Waals surface area contributed by atoms with E-state index in [1.807, 2.05) is 37.0 Å². The number of aryl methyl sites for hydroxylation is 1. The van der Waals surface area contributed by atoms with Gasteiger partial charge >= 0.3 is 7.05 Å². The van der Waals surface area contributed by atoms with Crippen molar-refractivity contribution < 1.29 is 9.76 Å². The van der Waals surface area contributed by atoms with Crippen LogP contribution in [0, 0.1) is 0 Å². The number of piperidine rings is 1. The minimum atomic E-state index is -0.461. The maximum Gasteiger partial charge on any atom is 0.376 e. The predicted octanol–water partition coefficient (Wildman–Crippen LogP) is 1.93. The fraction of sp³-hybridized carbons (Fsp3) is 0.591. The summed E-state index contributed by atoms with van der Waals surface area (Å²) in [4.78, 5) is 9.67. The van der Waals surface area contributed by atoms with Gasteiger partial charge < -0.3 is 19.9 Å². The number of nitrogens with one attached hydrogen (secondary N) is 1. The zero-order chi connectivity index (χ0) is 23.7. The Morgan fingerprint density at radius 3 is 2.79 bits per heavy atom. The molecule has 2 N–H and O–H groups in total. The summed E-state index contributed by atoms with van der Waals surface area (Å²) in [5, 5.41) is 22.9. The van der Waals surface area contributed by atoms with Gasteiger partial charge in [-0.25, -0.2) is 4.98 Å². The van der Waals surface area contributed by atoms with Crippen LogP contribution in [0.2, 0.25) is 6.82 Å². The molecule has 12 heteroatoms. The molecule has 2 fully saturated rings. The van der Waals surface area contributed by atoms with E-state index in [0.29, 0.717) is 0 Å². The Hall–Kier alpha value is -1.99. The lowest BCUT2D eigenvalue weighted by Crippen LogP contribution is -2.43. The summed E-state index contributed by atoms with van der Waals surface area (Å²) in [6.07, 6.45) is 7.77. The number of halogens is 1. The quantitative estimate of drug-likeness (QED) is 0.447. The van der Waals surface area contributed by atoms with Gasteiger partial charge in [0.1, 0.15) is 5.82 Å². The SMILES string of the molecule is CB(O)N1CCCC(c2nc3c(-c4cnn(C)c4)cnn3c(NCCN3CCOCC3)c2Br)C1. The van der Waals surface area contributed by atoms with Crippen LogP contribution >= 0.6 is 15.9 Å². The molecule has 2 saturated heterocycles. The number of hydrogen-bond acceptors (Lipinski definition) is 8. The molecular weight excluding hydrogens is 499 g/mol. The van der Waals surface area contributed by atoms with Gasteiger partial charge in [0, 0.05) is 56.5 Å². The van der Waals surface area contributed by atoms with Gasteiger partial charge in [0.15, 0.2) is 5.65 Å². The second-order valence-electron chi connectivity index (χ2n) is 9.20. The lowest BCUT2D eigenvalue weighted by Gasteiger charge is -2.33. The van der Waals surface area contributed by atoms with E-state index >= 15 is 0 Å². The van der Waals surface area contributed by atoms with E-state index in [1.165, 1.54) is 0 Å². The number of morpholine rings is 1. The Bertz CT molecular complexity index is 1130. The molecule has 34 heavy (non-hydrogen) atoms. The summed E-state index contributed by atoms with van der Waals surface area (Å²) in [5.74, 6) is 1.14. The highest BCUT2D eigenvalue weighted by atomic mass is 79.9. The van der Waals surface area contributed by atoms with Crippen molar-refractivity contribution in [1.82, 2.24) is 34.1 Å². The average Bonchev–Trinajstić information content (AvgIpc) is 3.46. The second-order valence-corrected chi connectivity index (χ2v) is 10.00. The minimum absolute atomic E-state index is 0.221. The lowest BCUT2D eigenvalue weighted by molar-refractivity contribution is 0.0398. The maximum absolute atomic E-state index is 10.2. The first-order chi connectivity index (χ1) is 16.5. The number of rotatable bonds is 7. The average molecular weight is 531 g/mol. The van der Waals surface area contributed by atoms with Crippen molar-refractivity contribution in [3.63, 3.8) is 0 Å². The third kappa shape index (κ3) is 4.87. The molecule has 0 saturated carbocycles. The van der Waals surface area contributed by atoms with Gasteiger partial charge in [0.05, 0.1) is 35.8 Å². The maximum atomic E-state index is 10.2. The number of anilines is 1. The largest absolute Gasteiger partial charge is 0.437 e. The van der Waals surface area contributed by atoms with Crippen LogP contribution in [0.1, 0.15) is 24.5 Å². The Morgan fingerprint density at radius 2 is 2.06 bits per heavy atom. The molecule has 0 spiro atoms. The molecule has 0 aromatic carbocycles. The highest BCUT2D eigenvalue weighted by Crippen LogP contribution is 2.37. The molecule has 182 valence electrons. The summed E-state index contributed by atoms with van der Waals surface area (Å²) in [6, 6.07) is 0. The number of hydrogen-bond donors (Lipinski definition) is 2. The van der Waals surface area contributed by atoms with Crippen molar-refractivity contribution in [2.45, 2.75) is 25.6 Å². The minimum Gasteiger partial charge on any atom is -0.437 e. The third-order valence-corrected chi connectivity index (χ3v) is 7.60. The van der Waals surface area contributed by atoms with E-state index in [9.17, 15) is 5.02 Å². The first kappa shape index (κ1) is 23.7. The standard InChI is InChI=1S/C22H32BBrN8O2/c1-23(33)31-6-3-4-16(15-31)20-19(24)22(25-5-7-30-8-10-34-11-9-30)32-21(28-20)18(13-27-32)17-12-26-29(2)14-17/h12-14,16,25,33H,3-11,15H2,1-2H3. The molecule has 2 aliphatic rings. The summed E-state index contributed by atoms with van der Waals surface area (Å²) in [6.45, 7) is 8.77. The topological polar surface area (TPSA) is 96.0 Å². The molecule has 10 nitrogen and oxygen atoms in total. The fourth-order valence-electron chi connectivity index (χ4n) is 4.90. The summed E-state index contributed by atoms with van der Waals surface area (Å²) < 4.78 is 10.1. The first-order valence-electron chi connectivity index (χ1n) is 12.0. The summed E-state index contributed by atoms with van der Waals surface area (Å²) in [7, 11) is 1.45. The molecule has 0 amide bonds. The monoisotopic (exact) mass is 530 g/mol. The Morgan fingerprint density at radius 1 is 1.24 bits per heavy atom. The van der Waals surface area contributed by atoms with Crippen LogP contribution in [0.15, 0.2) is 23.1 Å². The second kappa shape index (κ2) is 10.3. The van der Waals surface area contributed by atoms with Crippen molar-refractivity contribution in [3.05, 3.63) is 28.8 Å². The van der Waals surface area contributed by atoms with E-state index in [0.717, 1.165) is 98.1 Å². The van der Waals surface area contributed by atoms with Crippen LogP contribution in [-0.2, 0) is 11.8 Å². The van der Waals surface area contributed by atoms with E-state index < -0.39 is 7.05 Å². The Balaban J connectivity index is 1.50. The van der Waals surface area contributed by atoms with Crippen molar-refractivity contribution in [3.8, 4) is 11.1 Å². The number of fused-ring (bicyclic) bond motifs is 1. The molecule has 5 heterocycles. The molecule has 0 radical (unpaired) electrons. The van der Waals surface area contributed by atoms with Gasteiger partial charge in [0.2, 0.25) is 0 Å². The van der Waals surface area contributed by atoms with Gasteiger partial charge in [-0.05, 0) is 48.7 Å². The van der Waals surface area contributed by atoms with E-state index in [4.69, 9.17) is 14.8 Å². The fourth-order valence-corrected chi connectivity index (χ4v) is 5.62. The molecule has 3 aromatic rings. The molecule has 0 bridgehead atoms. The number of nitrogens with zero attached hydrogens (tertiary/aromatic N) is 7. The molecule has 1 atom stereocenters. The van der Waals surface area contributed by atoms with Crippen LogP contribution in [0.4, 0.5) is 5.82 Å². The van der Waals surface area contributed by atoms with Gasteiger partial charge in [-0.2, -0.15) is 14.7 Å². The predicted molar refractivity (Wildman–Crippen MR) is 136 cm³/mol. The summed E-state index contributed by atoms with van der Waals surface area (Å²) in [5.41, 5.74) is 3.78. The third-order valence-electron chi connectivity index (χ3n) is 6.82. The van der Waals surface area contributed by atoms with Gasteiger partial charge in [-0.15, -0.1) is 0 Å².